The third-order valence-electron chi connectivity index (χ3n) is 3.48. The Kier molecular flexibility index (Phi) is 4.45. The summed E-state index contributed by atoms with van der Waals surface area (Å²) >= 11 is 3.06. The largest absolute Gasteiger partial charge is 0.318 e. The molecular weight excluding hydrogens is 312 g/mol. The molecule has 5 heteroatoms. The summed E-state index contributed by atoms with van der Waals surface area (Å²) in [6.07, 6.45) is 1.76. The number of hydrogen-bond donors (Lipinski definition) is 0. The van der Waals surface area contributed by atoms with Crippen LogP contribution >= 0.6 is 23.1 Å². The molecule has 0 aliphatic carbocycles. The van der Waals surface area contributed by atoms with Gasteiger partial charge < -0.3 is 4.57 Å². The van der Waals surface area contributed by atoms with E-state index >= 15 is 0 Å². The molecule has 1 aromatic carbocycles. The molecule has 0 saturated carbocycles. The zero-order chi connectivity index (χ0) is 15.5. The van der Waals surface area contributed by atoms with Crippen LogP contribution in [0.25, 0.3) is 5.69 Å². The molecule has 112 valence electrons. The molecule has 0 amide bonds. The van der Waals surface area contributed by atoms with Crippen molar-refractivity contribution in [3.63, 3.8) is 0 Å². The molecule has 3 nitrogen and oxygen atoms in total. The van der Waals surface area contributed by atoms with Crippen molar-refractivity contribution >= 4 is 28.9 Å². The van der Waals surface area contributed by atoms with Crippen LogP contribution in [0.5, 0.6) is 0 Å². The quantitative estimate of drug-likeness (QED) is 0.510. The van der Waals surface area contributed by atoms with Gasteiger partial charge >= 0.3 is 0 Å². The Bertz CT molecular complexity index is 777. The maximum atomic E-state index is 12.5. The zero-order valence-corrected chi connectivity index (χ0v) is 14.1. The minimum atomic E-state index is 0.149. The van der Waals surface area contributed by atoms with Gasteiger partial charge in [-0.1, -0.05) is 30.0 Å². The van der Waals surface area contributed by atoms with Gasteiger partial charge in [-0.2, -0.15) is 0 Å². The molecule has 0 fully saturated rings. The van der Waals surface area contributed by atoms with E-state index in [-0.39, 0.29) is 5.78 Å². The summed E-state index contributed by atoms with van der Waals surface area (Å²) in [7, 11) is 0. The first-order valence-electron chi connectivity index (χ1n) is 6.96. The molecule has 0 saturated heterocycles. The van der Waals surface area contributed by atoms with E-state index in [0.29, 0.717) is 5.75 Å². The van der Waals surface area contributed by atoms with Crippen LogP contribution in [0.15, 0.2) is 52.3 Å². The minimum absolute atomic E-state index is 0.149. The van der Waals surface area contributed by atoms with Gasteiger partial charge in [0.1, 0.15) is 4.34 Å². The third kappa shape index (κ3) is 3.00. The number of thioether (sulfide) groups is 1. The standard InChI is InChI=1S/C17H16N2OS2/c1-12-10-15(16(20)11-22-17-18-8-9-21-17)13(2)19(12)14-6-4-3-5-7-14/h3-10H,11H2,1-2H3. The Morgan fingerprint density at radius 2 is 2.05 bits per heavy atom. The van der Waals surface area contributed by atoms with Gasteiger partial charge in [0, 0.05) is 34.2 Å². The van der Waals surface area contributed by atoms with E-state index in [9.17, 15) is 4.79 Å². The molecule has 3 rings (SSSR count). The number of aromatic nitrogens is 2. The van der Waals surface area contributed by atoms with Crippen molar-refractivity contribution < 1.29 is 4.79 Å². The second-order valence-electron chi connectivity index (χ2n) is 4.97. The highest BCUT2D eigenvalue weighted by Crippen LogP contribution is 2.25. The lowest BCUT2D eigenvalue weighted by Gasteiger charge is -2.09. The lowest BCUT2D eigenvalue weighted by atomic mass is 10.2. The highest BCUT2D eigenvalue weighted by molar-refractivity contribution is 8.01. The fourth-order valence-corrected chi connectivity index (χ4v) is 4.03. The maximum Gasteiger partial charge on any atom is 0.174 e. The topological polar surface area (TPSA) is 34.9 Å². The highest BCUT2D eigenvalue weighted by Gasteiger charge is 2.17. The summed E-state index contributed by atoms with van der Waals surface area (Å²) in [5.41, 5.74) is 3.95. The fourth-order valence-electron chi connectivity index (χ4n) is 2.51. The van der Waals surface area contributed by atoms with E-state index < -0.39 is 0 Å². The number of nitrogens with zero attached hydrogens (tertiary/aromatic N) is 2. The summed E-state index contributed by atoms with van der Waals surface area (Å²) in [5, 5.41) is 1.92. The van der Waals surface area contributed by atoms with E-state index in [4.69, 9.17) is 0 Å². The van der Waals surface area contributed by atoms with Crippen LogP contribution in [0.4, 0.5) is 0 Å². The first kappa shape index (κ1) is 15.1. The van der Waals surface area contributed by atoms with E-state index in [0.717, 1.165) is 27.0 Å². The summed E-state index contributed by atoms with van der Waals surface area (Å²) in [6, 6.07) is 12.1. The Balaban J connectivity index is 1.84. The number of benzene rings is 1. The Hall–Kier alpha value is -1.85. The summed E-state index contributed by atoms with van der Waals surface area (Å²) in [6.45, 7) is 4.03. The molecule has 3 aromatic rings. The van der Waals surface area contributed by atoms with Crippen molar-refractivity contribution in [3.8, 4) is 5.69 Å². The van der Waals surface area contributed by atoms with Crippen LogP contribution < -0.4 is 0 Å². The van der Waals surface area contributed by atoms with Crippen LogP contribution in [0.1, 0.15) is 21.7 Å². The molecule has 0 atom stereocenters. The van der Waals surface area contributed by atoms with Crippen molar-refractivity contribution in [1.82, 2.24) is 9.55 Å². The summed E-state index contributed by atoms with van der Waals surface area (Å²) < 4.78 is 3.06. The Morgan fingerprint density at radius 1 is 1.27 bits per heavy atom. The van der Waals surface area contributed by atoms with Gasteiger partial charge in [0.15, 0.2) is 5.78 Å². The molecule has 0 aliphatic rings. The lowest BCUT2D eigenvalue weighted by molar-refractivity contribution is 0.102. The molecule has 22 heavy (non-hydrogen) atoms. The average Bonchev–Trinajstić information content (AvgIpc) is 3.14. The molecule has 2 heterocycles. The van der Waals surface area contributed by atoms with Gasteiger partial charge in [-0.25, -0.2) is 4.98 Å². The van der Waals surface area contributed by atoms with Gasteiger partial charge in [0.25, 0.3) is 0 Å². The number of aryl methyl sites for hydroxylation is 1. The van der Waals surface area contributed by atoms with Crippen LogP contribution in [-0.4, -0.2) is 21.1 Å². The van der Waals surface area contributed by atoms with E-state index in [2.05, 4.69) is 21.7 Å². The van der Waals surface area contributed by atoms with E-state index in [1.165, 1.54) is 11.8 Å². The van der Waals surface area contributed by atoms with Crippen LogP contribution in [0.2, 0.25) is 0 Å². The second-order valence-corrected chi connectivity index (χ2v) is 7.08. The normalized spacial score (nSPS) is 10.8. The number of hydrogen-bond acceptors (Lipinski definition) is 4. The Morgan fingerprint density at radius 3 is 2.73 bits per heavy atom. The maximum absolute atomic E-state index is 12.5. The van der Waals surface area contributed by atoms with Crippen molar-refractivity contribution in [3.05, 3.63) is 64.9 Å². The van der Waals surface area contributed by atoms with Gasteiger partial charge in [-0.15, -0.1) is 11.3 Å². The molecule has 0 radical (unpaired) electrons. The van der Waals surface area contributed by atoms with Crippen LogP contribution in [0, 0.1) is 13.8 Å². The molecule has 0 N–H and O–H groups in total. The number of rotatable bonds is 5. The molecule has 0 aliphatic heterocycles. The van der Waals surface area contributed by atoms with Crippen molar-refractivity contribution in [2.75, 3.05) is 5.75 Å². The number of carbonyl (C=O) groups is 1. The number of ketones is 1. The van der Waals surface area contributed by atoms with Gasteiger partial charge in [0.2, 0.25) is 0 Å². The SMILES string of the molecule is Cc1cc(C(=O)CSc2nccs2)c(C)n1-c1ccccc1. The van der Waals surface area contributed by atoms with E-state index in [1.807, 2.05) is 43.5 Å². The molecule has 0 unspecified atom stereocenters. The molecule has 2 aromatic heterocycles. The summed E-state index contributed by atoms with van der Waals surface area (Å²) in [4.78, 5) is 16.7. The number of thiazole rings is 1. The van der Waals surface area contributed by atoms with Crippen molar-refractivity contribution in [2.45, 2.75) is 18.2 Å². The number of Topliss-reactive ketones (excluding diaryl/α,β-unsaturated/α-hetero) is 1. The molecular formula is C17H16N2OS2. The predicted molar refractivity (Wildman–Crippen MR) is 92.4 cm³/mol. The first-order valence-corrected chi connectivity index (χ1v) is 8.83. The van der Waals surface area contributed by atoms with Crippen LogP contribution in [0.3, 0.4) is 0 Å². The van der Waals surface area contributed by atoms with Crippen molar-refractivity contribution in [1.29, 1.82) is 0 Å². The Labute approximate surface area is 138 Å². The average molecular weight is 328 g/mol. The van der Waals surface area contributed by atoms with Gasteiger partial charge in [-0.3, -0.25) is 4.79 Å². The van der Waals surface area contributed by atoms with Gasteiger partial charge in [0.05, 0.1) is 5.75 Å². The number of carbonyl (C=O) groups excluding carboxylic acids is 1. The third-order valence-corrected chi connectivity index (χ3v) is 5.45. The van der Waals surface area contributed by atoms with E-state index in [1.54, 1.807) is 17.5 Å². The first-order chi connectivity index (χ1) is 10.7. The molecule has 0 bridgehead atoms. The summed E-state index contributed by atoms with van der Waals surface area (Å²) in [5.74, 6) is 0.572. The molecule has 0 spiro atoms. The van der Waals surface area contributed by atoms with Crippen LogP contribution in [-0.2, 0) is 0 Å². The predicted octanol–water partition coefficient (Wildman–Crippen LogP) is 4.53. The van der Waals surface area contributed by atoms with Crippen molar-refractivity contribution in [2.24, 2.45) is 0 Å². The lowest BCUT2D eigenvalue weighted by Crippen LogP contribution is -2.05. The zero-order valence-electron chi connectivity index (χ0n) is 12.4. The monoisotopic (exact) mass is 328 g/mol. The minimum Gasteiger partial charge on any atom is -0.318 e. The highest BCUT2D eigenvalue weighted by atomic mass is 32.2. The number of para-hydroxylation sites is 1. The fraction of sp³-hybridized carbons (Fsp3) is 0.176. The van der Waals surface area contributed by atoms with Gasteiger partial charge in [-0.05, 0) is 32.0 Å². The second kappa shape index (κ2) is 6.50. The smallest absolute Gasteiger partial charge is 0.174 e.